The molecule has 5 nitrogen and oxygen atoms in total. The van der Waals surface area contributed by atoms with Gasteiger partial charge in [0.1, 0.15) is 11.5 Å². The van der Waals surface area contributed by atoms with Gasteiger partial charge in [-0.15, -0.1) is 0 Å². The normalized spacial score (nSPS) is 19.0. The fourth-order valence-corrected chi connectivity index (χ4v) is 2.48. The van der Waals surface area contributed by atoms with Crippen molar-refractivity contribution in [1.82, 2.24) is 14.9 Å². The summed E-state index contributed by atoms with van der Waals surface area (Å²) in [6, 6.07) is 1.70. The molecule has 1 aliphatic heterocycles. The SMILES string of the molecule is CCCO[C@H]1CCCN(C(=O)c2ccnc(C(C)C)n2)C1. The van der Waals surface area contributed by atoms with Gasteiger partial charge in [-0.2, -0.15) is 0 Å². The summed E-state index contributed by atoms with van der Waals surface area (Å²) < 4.78 is 5.78. The molecule has 1 amide bonds. The Balaban J connectivity index is 2.03. The van der Waals surface area contributed by atoms with Crippen molar-refractivity contribution in [1.29, 1.82) is 0 Å². The Morgan fingerprint density at radius 1 is 1.52 bits per heavy atom. The summed E-state index contributed by atoms with van der Waals surface area (Å²) in [5, 5.41) is 0. The first-order chi connectivity index (χ1) is 10.1. The van der Waals surface area contributed by atoms with Gasteiger partial charge in [-0.25, -0.2) is 9.97 Å². The number of rotatable bonds is 5. The third kappa shape index (κ3) is 4.24. The maximum Gasteiger partial charge on any atom is 0.272 e. The fraction of sp³-hybridized carbons (Fsp3) is 0.688. The molecule has 2 rings (SSSR count). The predicted octanol–water partition coefficient (Wildman–Crippen LogP) is 2.63. The number of likely N-dealkylation sites (tertiary alicyclic amines) is 1. The third-order valence-electron chi connectivity index (χ3n) is 3.63. The summed E-state index contributed by atoms with van der Waals surface area (Å²) in [5.74, 6) is 0.931. The molecule has 0 radical (unpaired) electrons. The minimum absolute atomic E-state index is 0.0101. The quantitative estimate of drug-likeness (QED) is 0.837. The van der Waals surface area contributed by atoms with E-state index in [9.17, 15) is 4.79 Å². The zero-order valence-corrected chi connectivity index (χ0v) is 13.2. The number of carbonyl (C=O) groups is 1. The van der Waals surface area contributed by atoms with Gasteiger partial charge in [-0.3, -0.25) is 4.79 Å². The molecule has 5 heteroatoms. The summed E-state index contributed by atoms with van der Waals surface area (Å²) in [6.07, 6.45) is 4.86. The Morgan fingerprint density at radius 2 is 2.33 bits per heavy atom. The van der Waals surface area contributed by atoms with Crippen molar-refractivity contribution in [3.8, 4) is 0 Å². The standard InChI is InChI=1S/C16H25N3O2/c1-4-10-21-13-6-5-9-19(11-13)16(20)14-7-8-17-15(18-14)12(2)3/h7-8,12-13H,4-6,9-11H2,1-3H3/t13-/m0/s1. The lowest BCUT2D eigenvalue weighted by Crippen LogP contribution is -2.43. The first kappa shape index (κ1) is 15.9. The fourth-order valence-electron chi connectivity index (χ4n) is 2.48. The average molecular weight is 291 g/mol. The van der Waals surface area contributed by atoms with Crippen molar-refractivity contribution < 1.29 is 9.53 Å². The lowest BCUT2D eigenvalue weighted by Gasteiger charge is -2.32. The second-order valence-electron chi connectivity index (χ2n) is 5.84. The molecule has 21 heavy (non-hydrogen) atoms. The van der Waals surface area contributed by atoms with Crippen LogP contribution in [0.1, 0.15) is 62.3 Å². The molecule has 0 aromatic carbocycles. The van der Waals surface area contributed by atoms with E-state index in [2.05, 4.69) is 16.9 Å². The van der Waals surface area contributed by atoms with E-state index in [1.165, 1.54) is 0 Å². The van der Waals surface area contributed by atoms with Crippen LogP contribution in [-0.4, -0.2) is 46.6 Å². The molecule has 0 N–H and O–H groups in total. The van der Waals surface area contributed by atoms with Gasteiger partial charge in [0.15, 0.2) is 0 Å². The summed E-state index contributed by atoms with van der Waals surface area (Å²) in [6.45, 7) is 8.36. The van der Waals surface area contributed by atoms with Crippen LogP contribution in [0.5, 0.6) is 0 Å². The highest BCUT2D eigenvalue weighted by Gasteiger charge is 2.25. The summed E-state index contributed by atoms with van der Waals surface area (Å²) in [5.41, 5.74) is 0.491. The summed E-state index contributed by atoms with van der Waals surface area (Å²) in [4.78, 5) is 23.0. The van der Waals surface area contributed by atoms with E-state index in [1.807, 2.05) is 18.7 Å². The third-order valence-corrected chi connectivity index (χ3v) is 3.63. The molecule has 1 saturated heterocycles. The van der Waals surface area contributed by atoms with Crippen LogP contribution in [0.25, 0.3) is 0 Å². The molecule has 1 aromatic heterocycles. The molecule has 0 spiro atoms. The van der Waals surface area contributed by atoms with E-state index >= 15 is 0 Å². The number of piperidine rings is 1. The van der Waals surface area contributed by atoms with Crippen LogP contribution < -0.4 is 0 Å². The predicted molar refractivity (Wildman–Crippen MR) is 81.3 cm³/mol. The van der Waals surface area contributed by atoms with E-state index in [0.717, 1.165) is 38.2 Å². The van der Waals surface area contributed by atoms with Crippen LogP contribution >= 0.6 is 0 Å². The van der Waals surface area contributed by atoms with Crippen LogP contribution in [0.3, 0.4) is 0 Å². The van der Waals surface area contributed by atoms with E-state index in [0.29, 0.717) is 12.2 Å². The lowest BCUT2D eigenvalue weighted by molar-refractivity contribution is 0.00191. The largest absolute Gasteiger partial charge is 0.376 e. The molecule has 0 bridgehead atoms. The Kier molecular flexibility index (Phi) is 5.67. The maximum atomic E-state index is 12.6. The Morgan fingerprint density at radius 3 is 3.05 bits per heavy atom. The van der Waals surface area contributed by atoms with Crippen molar-refractivity contribution >= 4 is 5.91 Å². The Hall–Kier alpha value is -1.49. The van der Waals surface area contributed by atoms with Gasteiger partial charge in [0.05, 0.1) is 6.10 Å². The van der Waals surface area contributed by atoms with Crippen molar-refractivity contribution in [2.24, 2.45) is 0 Å². The summed E-state index contributed by atoms with van der Waals surface area (Å²) >= 11 is 0. The lowest BCUT2D eigenvalue weighted by atomic mass is 10.1. The number of hydrogen-bond donors (Lipinski definition) is 0. The highest BCUT2D eigenvalue weighted by Crippen LogP contribution is 2.16. The van der Waals surface area contributed by atoms with Crippen molar-refractivity contribution in [3.05, 3.63) is 23.8 Å². The number of carbonyl (C=O) groups excluding carboxylic acids is 1. The van der Waals surface area contributed by atoms with Crippen LogP contribution in [0.4, 0.5) is 0 Å². The van der Waals surface area contributed by atoms with E-state index in [1.54, 1.807) is 12.3 Å². The monoisotopic (exact) mass is 291 g/mol. The Bertz CT molecular complexity index is 476. The molecule has 1 fully saturated rings. The molecule has 2 heterocycles. The highest BCUT2D eigenvalue weighted by atomic mass is 16.5. The van der Waals surface area contributed by atoms with Crippen LogP contribution in [-0.2, 0) is 4.74 Å². The van der Waals surface area contributed by atoms with Gasteiger partial charge in [0.25, 0.3) is 5.91 Å². The molecule has 0 aliphatic carbocycles. The zero-order valence-electron chi connectivity index (χ0n) is 13.2. The number of nitrogens with zero attached hydrogens (tertiary/aromatic N) is 3. The van der Waals surface area contributed by atoms with E-state index in [-0.39, 0.29) is 17.9 Å². The first-order valence-corrected chi connectivity index (χ1v) is 7.85. The van der Waals surface area contributed by atoms with Crippen LogP contribution in [0.15, 0.2) is 12.3 Å². The van der Waals surface area contributed by atoms with Crippen molar-refractivity contribution in [2.45, 2.75) is 52.1 Å². The molecular formula is C16H25N3O2. The second kappa shape index (κ2) is 7.50. The van der Waals surface area contributed by atoms with Gasteiger partial charge >= 0.3 is 0 Å². The minimum atomic E-state index is -0.0101. The van der Waals surface area contributed by atoms with Gasteiger partial charge in [-0.1, -0.05) is 20.8 Å². The molecule has 1 atom stereocenters. The Labute approximate surface area is 126 Å². The zero-order chi connectivity index (χ0) is 15.2. The van der Waals surface area contributed by atoms with Gasteiger partial charge in [0.2, 0.25) is 0 Å². The number of hydrogen-bond acceptors (Lipinski definition) is 4. The minimum Gasteiger partial charge on any atom is -0.376 e. The van der Waals surface area contributed by atoms with E-state index in [4.69, 9.17) is 4.74 Å². The maximum absolute atomic E-state index is 12.6. The van der Waals surface area contributed by atoms with Gasteiger partial charge < -0.3 is 9.64 Å². The topological polar surface area (TPSA) is 55.3 Å². The van der Waals surface area contributed by atoms with Crippen LogP contribution in [0.2, 0.25) is 0 Å². The molecule has 1 aromatic rings. The molecule has 116 valence electrons. The number of aromatic nitrogens is 2. The number of ether oxygens (including phenoxy) is 1. The molecule has 1 aliphatic rings. The molecular weight excluding hydrogens is 266 g/mol. The summed E-state index contributed by atoms with van der Waals surface area (Å²) in [7, 11) is 0. The molecule has 0 unspecified atom stereocenters. The number of amides is 1. The van der Waals surface area contributed by atoms with E-state index < -0.39 is 0 Å². The van der Waals surface area contributed by atoms with Crippen molar-refractivity contribution in [3.63, 3.8) is 0 Å². The molecule has 0 saturated carbocycles. The van der Waals surface area contributed by atoms with Crippen molar-refractivity contribution in [2.75, 3.05) is 19.7 Å². The van der Waals surface area contributed by atoms with Gasteiger partial charge in [-0.05, 0) is 25.3 Å². The van der Waals surface area contributed by atoms with Crippen LogP contribution in [0, 0.1) is 0 Å². The highest BCUT2D eigenvalue weighted by molar-refractivity contribution is 5.92. The smallest absolute Gasteiger partial charge is 0.272 e. The first-order valence-electron chi connectivity index (χ1n) is 7.85. The average Bonchev–Trinajstić information content (AvgIpc) is 2.52. The second-order valence-corrected chi connectivity index (χ2v) is 5.84. The van der Waals surface area contributed by atoms with Gasteiger partial charge in [0, 0.05) is 31.8 Å².